The van der Waals surface area contributed by atoms with Gasteiger partial charge in [-0.15, -0.1) is 0 Å². The van der Waals surface area contributed by atoms with Crippen LogP contribution in [-0.4, -0.2) is 42.9 Å². The van der Waals surface area contributed by atoms with Crippen molar-refractivity contribution in [3.63, 3.8) is 0 Å². The predicted molar refractivity (Wildman–Crippen MR) is 45.5 cm³/mol. The molecule has 0 N–H and O–H groups in total. The average Bonchev–Trinajstić information content (AvgIpc) is 2.05. The quantitative estimate of drug-likeness (QED) is 0.547. The third kappa shape index (κ3) is 1.98. The molecule has 0 saturated carbocycles. The van der Waals surface area contributed by atoms with Gasteiger partial charge in [-0.2, -0.15) is 0 Å². The Labute approximate surface area is 72.4 Å². The van der Waals surface area contributed by atoms with E-state index in [4.69, 9.17) is 4.74 Å². The molecule has 0 bridgehead atoms. The van der Waals surface area contributed by atoms with Crippen molar-refractivity contribution in [2.45, 2.75) is 6.92 Å². The third-order valence-corrected chi connectivity index (χ3v) is 1.71. The summed E-state index contributed by atoms with van der Waals surface area (Å²) in [4.78, 5) is 11.2. The summed E-state index contributed by atoms with van der Waals surface area (Å²) in [7, 11) is 1.86. The largest absolute Gasteiger partial charge is 0.449 e. The number of amides is 1. The zero-order valence-corrected chi connectivity index (χ0v) is 7.49. The van der Waals surface area contributed by atoms with Crippen LogP contribution in [0.4, 0.5) is 4.79 Å². The van der Waals surface area contributed by atoms with E-state index in [0.717, 1.165) is 6.54 Å². The van der Waals surface area contributed by atoms with E-state index in [2.05, 4.69) is 0 Å². The molecular weight excluding hydrogens is 156 g/mol. The maximum atomic E-state index is 11.2. The topological polar surface area (TPSA) is 32.8 Å². The highest BCUT2D eigenvalue weighted by Crippen LogP contribution is 2.03. The molecule has 0 saturated heterocycles. The lowest BCUT2D eigenvalue weighted by Crippen LogP contribution is -2.46. The Hall–Kier alpha value is -1.03. The van der Waals surface area contributed by atoms with Crippen molar-refractivity contribution in [1.82, 2.24) is 10.0 Å². The molecule has 1 heterocycles. The second kappa shape index (κ2) is 4.11. The van der Waals surface area contributed by atoms with Crippen molar-refractivity contribution < 1.29 is 9.53 Å². The first-order valence-electron chi connectivity index (χ1n) is 4.06. The van der Waals surface area contributed by atoms with E-state index in [-0.39, 0.29) is 6.09 Å². The van der Waals surface area contributed by atoms with E-state index in [0.29, 0.717) is 13.2 Å². The second-order valence-corrected chi connectivity index (χ2v) is 2.59. The molecule has 1 aliphatic rings. The molecular formula is C8H14N2O2. The van der Waals surface area contributed by atoms with E-state index >= 15 is 0 Å². The van der Waals surface area contributed by atoms with Gasteiger partial charge in [0.25, 0.3) is 0 Å². The zero-order chi connectivity index (χ0) is 8.97. The van der Waals surface area contributed by atoms with Gasteiger partial charge in [-0.25, -0.2) is 14.8 Å². The van der Waals surface area contributed by atoms with Crippen LogP contribution in [0.3, 0.4) is 0 Å². The molecule has 0 spiro atoms. The first-order chi connectivity index (χ1) is 5.75. The van der Waals surface area contributed by atoms with Gasteiger partial charge in [0.2, 0.25) is 0 Å². The molecule has 4 nitrogen and oxygen atoms in total. The molecule has 0 fully saturated rings. The maximum absolute atomic E-state index is 11.2. The fourth-order valence-electron chi connectivity index (χ4n) is 1.05. The summed E-state index contributed by atoms with van der Waals surface area (Å²) in [5.74, 6) is 0. The van der Waals surface area contributed by atoms with Crippen LogP contribution in [0.2, 0.25) is 0 Å². The van der Waals surface area contributed by atoms with Crippen molar-refractivity contribution >= 4 is 6.09 Å². The van der Waals surface area contributed by atoms with Gasteiger partial charge in [-0.1, -0.05) is 12.2 Å². The highest BCUT2D eigenvalue weighted by molar-refractivity contribution is 5.67. The van der Waals surface area contributed by atoms with Crippen LogP contribution in [-0.2, 0) is 4.74 Å². The monoisotopic (exact) mass is 170 g/mol. The van der Waals surface area contributed by atoms with Gasteiger partial charge in [-0.05, 0) is 6.92 Å². The highest BCUT2D eigenvalue weighted by atomic mass is 16.6. The zero-order valence-electron chi connectivity index (χ0n) is 7.49. The molecule has 1 rings (SSSR count). The molecule has 68 valence electrons. The van der Waals surface area contributed by atoms with Gasteiger partial charge >= 0.3 is 6.09 Å². The van der Waals surface area contributed by atoms with Crippen LogP contribution in [0.25, 0.3) is 0 Å². The van der Waals surface area contributed by atoms with Gasteiger partial charge in [0.05, 0.1) is 13.2 Å². The number of hydrogen-bond acceptors (Lipinski definition) is 3. The number of likely N-dealkylation sites (N-methyl/N-ethyl adjacent to an activating group) is 1. The van der Waals surface area contributed by atoms with Crippen molar-refractivity contribution in [2.24, 2.45) is 0 Å². The summed E-state index contributed by atoms with van der Waals surface area (Å²) >= 11 is 0. The lowest BCUT2D eigenvalue weighted by Gasteiger charge is -2.31. The van der Waals surface area contributed by atoms with E-state index in [1.807, 2.05) is 24.2 Å². The van der Waals surface area contributed by atoms with Crippen LogP contribution >= 0.6 is 0 Å². The van der Waals surface area contributed by atoms with Gasteiger partial charge in [0.15, 0.2) is 0 Å². The minimum Gasteiger partial charge on any atom is -0.449 e. The fourth-order valence-corrected chi connectivity index (χ4v) is 1.05. The third-order valence-electron chi connectivity index (χ3n) is 1.71. The van der Waals surface area contributed by atoms with Crippen molar-refractivity contribution in [2.75, 3.05) is 26.7 Å². The van der Waals surface area contributed by atoms with Gasteiger partial charge in [-0.3, -0.25) is 0 Å². The van der Waals surface area contributed by atoms with Crippen LogP contribution < -0.4 is 0 Å². The summed E-state index contributed by atoms with van der Waals surface area (Å²) in [5.41, 5.74) is 0. The van der Waals surface area contributed by atoms with Crippen LogP contribution in [0.1, 0.15) is 6.92 Å². The summed E-state index contributed by atoms with van der Waals surface area (Å²) in [6, 6.07) is 0. The van der Waals surface area contributed by atoms with Crippen molar-refractivity contribution in [3.05, 3.63) is 12.2 Å². The molecule has 0 aromatic rings. The van der Waals surface area contributed by atoms with E-state index in [1.54, 1.807) is 11.9 Å². The number of carbonyl (C=O) groups excluding carboxylic acids is 1. The highest BCUT2D eigenvalue weighted by Gasteiger charge is 2.19. The van der Waals surface area contributed by atoms with Crippen LogP contribution in [0.5, 0.6) is 0 Å². The van der Waals surface area contributed by atoms with Crippen molar-refractivity contribution in [1.29, 1.82) is 0 Å². The predicted octanol–water partition coefficient (Wildman–Crippen LogP) is 0.862. The average molecular weight is 170 g/mol. The van der Waals surface area contributed by atoms with Crippen LogP contribution in [0, 0.1) is 0 Å². The Bertz CT molecular complexity index is 191. The Kier molecular flexibility index (Phi) is 3.10. The number of rotatable bonds is 1. The molecule has 0 radical (unpaired) electrons. The Morgan fingerprint density at radius 3 is 2.75 bits per heavy atom. The molecule has 0 aromatic heterocycles. The first kappa shape index (κ1) is 9.06. The maximum Gasteiger partial charge on any atom is 0.424 e. The summed E-state index contributed by atoms with van der Waals surface area (Å²) in [5, 5.41) is 3.40. The molecule has 12 heavy (non-hydrogen) atoms. The van der Waals surface area contributed by atoms with Crippen LogP contribution in [0.15, 0.2) is 12.2 Å². The fraction of sp³-hybridized carbons (Fsp3) is 0.625. The number of carbonyl (C=O) groups is 1. The summed E-state index contributed by atoms with van der Waals surface area (Å²) in [6.45, 7) is 3.60. The number of hydrazine groups is 1. The second-order valence-electron chi connectivity index (χ2n) is 2.59. The standard InChI is InChI=1S/C8H14N2O2/c1-3-12-8(11)10-7-5-4-6-9(10)2/h4-5H,3,6-7H2,1-2H3. The molecule has 0 aromatic carbocycles. The molecule has 0 aliphatic carbocycles. The minimum atomic E-state index is -0.274. The first-order valence-corrected chi connectivity index (χ1v) is 4.06. The molecule has 0 unspecified atom stereocenters. The minimum absolute atomic E-state index is 0.274. The SMILES string of the molecule is CCOC(=O)N1CC=CCN1C. The van der Waals surface area contributed by atoms with Gasteiger partial charge in [0, 0.05) is 13.6 Å². The van der Waals surface area contributed by atoms with Gasteiger partial charge in [0.1, 0.15) is 0 Å². The Balaban J connectivity index is 2.49. The Morgan fingerprint density at radius 1 is 1.50 bits per heavy atom. The molecule has 0 atom stereocenters. The number of ether oxygens (including phenoxy) is 1. The van der Waals surface area contributed by atoms with Gasteiger partial charge < -0.3 is 4.74 Å². The van der Waals surface area contributed by atoms with E-state index < -0.39 is 0 Å². The Morgan fingerprint density at radius 2 is 2.17 bits per heavy atom. The summed E-state index contributed by atoms with van der Waals surface area (Å²) in [6.07, 6.45) is 3.71. The molecule has 1 amide bonds. The summed E-state index contributed by atoms with van der Waals surface area (Å²) < 4.78 is 4.86. The number of nitrogens with zero attached hydrogens (tertiary/aromatic N) is 2. The smallest absolute Gasteiger partial charge is 0.424 e. The lowest BCUT2D eigenvalue weighted by atomic mass is 10.4. The van der Waals surface area contributed by atoms with E-state index in [1.165, 1.54) is 0 Å². The molecule has 4 heteroatoms. The van der Waals surface area contributed by atoms with Crippen molar-refractivity contribution in [3.8, 4) is 0 Å². The lowest BCUT2D eigenvalue weighted by molar-refractivity contribution is 0.00741. The molecule has 1 aliphatic heterocycles. The number of hydrogen-bond donors (Lipinski definition) is 0. The normalized spacial score (nSPS) is 18.0. The van der Waals surface area contributed by atoms with E-state index in [9.17, 15) is 4.79 Å².